The fraction of sp³-hybridized carbons (Fsp3) is 0.886. The summed E-state index contributed by atoms with van der Waals surface area (Å²) < 4.78 is 80.3. The second-order valence-corrected chi connectivity index (χ2v) is 59.4. The molecule has 8 bridgehead atoms. The number of allylic oxidation sites excluding steroid dienone is 1. The van der Waals surface area contributed by atoms with E-state index in [1.165, 1.54) is 0 Å². The van der Waals surface area contributed by atoms with Crippen molar-refractivity contribution in [3.05, 3.63) is 36.5 Å². The average Bonchev–Trinajstić information content (AvgIpc) is 3.75. The highest BCUT2D eigenvalue weighted by Crippen LogP contribution is 2.50. The first-order valence-corrected chi connectivity index (χ1v) is 48.8. The van der Waals surface area contributed by atoms with Crippen LogP contribution in [-0.2, 0) is 60.1 Å². The number of methoxy groups -OCH3 is 1. The number of rotatable bonds is 14. The number of fused-ring (bicyclic) bond motifs is 2. The average molecular weight is 1320 g/mol. The predicted molar refractivity (Wildman–Crippen MR) is 371 cm³/mol. The van der Waals surface area contributed by atoms with Crippen LogP contribution in [0.25, 0.3) is 0 Å². The molecule has 0 saturated carbocycles. The lowest BCUT2D eigenvalue weighted by molar-refractivity contribution is -0.266. The molecule has 508 valence electrons. The summed E-state index contributed by atoms with van der Waals surface area (Å²) in [6.07, 6.45) is 4.93. The Morgan fingerprint density at radius 2 is 1.07 bits per heavy atom. The van der Waals surface area contributed by atoms with Gasteiger partial charge in [0.2, 0.25) is 0 Å². The molecule has 10 unspecified atom stereocenters. The SMILES string of the molecule is C=C1C2CC3O[C@H](CC(CO[Si](C)(C)C(C)(C)C)O[Si](C)(C)C(C)(C)C)[C@H](OC)[C@H]3CC(=O)CC3CC[C@@H]4OC(C(O[Si](C)(C)C(C)(C)C)/C=C/C(=O)CCC5CC(=C)[C@H](CC[C@@H](C[C@H]1C)O2)O5)C(O[Si](C)(C)C(C)(C)C)C(O[Si](C)(C)C(C)(C)C)C4O3. The standard InChI is InChI=1S/C70H130O13Si5/c1-45-38-51-33-36-55-46(2)39-50(75-55)32-30-48(71)31-35-57(81-86(24,25)68(10,11)12)63-65(83-88(28,29)70(16,17)18)64(82-87(26,27)69(13,14)15)62-56(79-63)37-34-52(77-62)40-49(72)41-54-59(43-58(76-51)47(45)3)78-60(61(54)73-19)42-53(80-85(22,23)67(7,8)9)44-74-84(20,21)66(4,5)6/h31,35,45,50-65H,2-3,30,32-34,36-44H2,1,4-29H3/b35-31+/t45-,50?,51+,52?,53?,54+,55+,56+,57?,58?,59?,60-,61-,62?,63?,64?,65?/m1/s1. The summed E-state index contributed by atoms with van der Waals surface area (Å²) in [5.74, 6) is 0.0629. The van der Waals surface area contributed by atoms with E-state index >= 15 is 4.79 Å². The van der Waals surface area contributed by atoms with Crippen LogP contribution in [0.4, 0.5) is 0 Å². The van der Waals surface area contributed by atoms with Gasteiger partial charge < -0.3 is 50.6 Å². The molecule has 5 saturated heterocycles. The van der Waals surface area contributed by atoms with Gasteiger partial charge in [-0.1, -0.05) is 130 Å². The van der Waals surface area contributed by atoms with Crippen LogP contribution in [-0.4, -0.2) is 158 Å². The molecule has 0 aliphatic carbocycles. The quantitative estimate of drug-likeness (QED) is 0.121. The van der Waals surface area contributed by atoms with E-state index in [9.17, 15) is 4.79 Å². The lowest BCUT2D eigenvalue weighted by Gasteiger charge is -2.56. The molecule has 0 aromatic carbocycles. The Labute approximate surface area is 542 Å². The van der Waals surface area contributed by atoms with Crippen molar-refractivity contribution in [2.45, 2.75) is 370 Å². The van der Waals surface area contributed by atoms with Crippen LogP contribution in [0.2, 0.25) is 90.7 Å². The van der Waals surface area contributed by atoms with Crippen molar-refractivity contribution < 1.29 is 60.1 Å². The molecule has 17 atom stereocenters. The Kier molecular flexibility index (Phi) is 24.7. The van der Waals surface area contributed by atoms with Gasteiger partial charge in [0.05, 0.1) is 73.8 Å². The van der Waals surface area contributed by atoms with E-state index in [4.69, 9.17) is 50.6 Å². The van der Waals surface area contributed by atoms with Gasteiger partial charge in [0.25, 0.3) is 0 Å². The maximum Gasteiger partial charge on any atom is 0.193 e. The Hall–Kier alpha value is -0.796. The van der Waals surface area contributed by atoms with Gasteiger partial charge in [-0.25, -0.2) is 0 Å². The zero-order valence-electron chi connectivity index (χ0n) is 60.9. The van der Waals surface area contributed by atoms with Crippen LogP contribution in [0.3, 0.4) is 0 Å². The lowest BCUT2D eigenvalue weighted by Crippen LogP contribution is -2.69. The molecule has 0 aromatic rings. The molecule has 88 heavy (non-hydrogen) atoms. The Balaban J connectivity index is 1.45. The molecule has 8 aliphatic rings. The highest BCUT2D eigenvalue weighted by atomic mass is 28.4. The summed E-state index contributed by atoms with van der Waals surface area (Å²) in [6, 6.07) is 0. The van der Waals surface area contributed by atoms with Crippen molar-refractivity contribution in [2.24, 2.45) is 11.8 Å². The molecule has 0 spiro atoms. The Morgan fingerprint density at radius 3 is 1.62 bits per heavy atom. The zero-order chi connectivity index (χ0) is 66.5. The van der Waals surface area contributed by atoms with Crippen molar-refractivity contribution >= 4 is 53.2 Å². The van der Waals surface area contributed by atoms with Gasteiger partial charge in [0.15, 0.2) is 47.4 Å². The minimum atomic E-state index is -2.60. The zero-order valence-corrected chi connectivity index (χ0v) is 65.9. The molecule has 0 N–H and O–H groups in total. The maximum atomic E-state index is 15.4. The fourth-order valence-electron chi connectivity index (χ4n) is 12.4. The smallest absolute Gasteiger partial charge is 0.193 e. The summed E-state index contributed by atoms with van der Waals surface area (Å²) in [4.78, 5) is 29.7. The number of Topliss-reactive ketones (excluding diaryl/α,β-unsaturated/α-hetero) is 1. The van der Waals surface area contributed by atoms with Crippen molar-refractivity contribution in [1.29, 1.82) is 0 Å². The highest BCUT2D eigenvalue weighted by molar-refractivity contribution is 6.76. The third-order valence-corrected chi connectivity index (χ3v) is 46.0. The second kappa shape index (κ2) is 28.5. The molecule has 13 nitrogen and oxygen atoms in total. The van der Waals surface area contributed by atoms with Gasteiger partial charge in [-0.3, -0.25) is 9.59 Å². The number of ether oxygens (including phenoxy) is 6. The molecule has 8 aliphatic heterocycles. The maximum absolute atomic E-state index is 15.4. The molecule has 8 heterocycles. The summed E-state index contributed by atoms with van der Waals surface area (Å²) in [5, 5.41) is -0.482. The van der Waals surface area contributed by atoms with Gasteiger partial charge in [0, 0.05) is 45.1 Å². The van der Waals surface area contributed by atoms with Crippen LogP contribution in [0.15, 0.2) is 36.5 Å². The van der Waals surface area contributed by atoms with Crippen LogP contribution in [0.5, 0.6) is 0 Å². The normalized spacial score (nSPS) is 34.5. The van der Waals surface area contributed by atoms with E-state index < -0.39 is 84.3 Å². The monoisotopic (exact) mass is 1320 g/mol. The molecular weight excluding hydrogens is 1190 g/mol. The number of hydrogen-bond acceptors (Lipinski definition) is 13. The van der Waals surface area contributed by atoms with Crippen LogP contribution >= 0.6 is 0 Å². The van der Waals surface area contributed by atoms with E-state index in [0.717, 1.165) is 36.8 Å². The molecule has 0 amide bonds. The van der Waals surface area contributed by atoms with E-state index in [1.807, 2.05) is 6.08 Å². The summed E-state index contributed by atoms with van der Waals surface area (Å²) >= 11 is 0. The molecular formula is C70H130O13Si5. The van der Waals surface area contributed by atoms with Crippen molar-refractivity contribution in [3.8, 4) is 0 Å². The third-order valence-electron chi connectivity index (χ3n) is 23.5. The highest BCUT2D eigenvalue weighted by Gasteiger charge is 2.59. The largest absolute Gasteiger partial charge is 0.414 e. The predicted octanol–water partition coefficient (Wildman–Crippen LogP) is 17.2. The van der Waals surface area contributed by atoms with Gasteiger partial charge in [0.1, 0.15) is 30.2 Å². The van der Waals surface area contributed by atoms with E-state index in [-0.39, 0.29) is 110 Å². The molecule has 5 fully saturated rings. The minimum Gasteiger partial charge on any atom is -0.414 e. The Morgan fingerprint density at radius 1 is 0.545 bits per heavy atom. The van der Waals surface area contributed by atoms with E-state index in [2.05, 4.69) is 189 Å². The van der Waals surface area contributed by atoms with Crippen LogP contribution < -0.4 is 0 Å². The number of carbonyl (C=O) groups excluding carboxylic acids is 2. The topological polar surface area (TPSA) is 136 Å². The third kappa shape index (κ3) is 18.6. The molecule has 8 rings (SSSR count). The van der Waals surface area contributed by atoms with E-state index in [0.29, 0.717) is 45.1 Å². The van der Waals surface area contributed by atoms with E-state index in [1.54, 1.807) is 13.2 Å². The fourth-order valence-corrected chi connectivity index (χ4v) is 18.7. The summed E-state index contributed by atoms with van der Waals surface area (Å²) in [7, 11) is -10.4. The van der Waals surface area contributed by atoms with Gasteiger partial charge in [-0.15, -0.1) is 0 Å². The minimum absolute atomic E-state index is 0.0171. The lowest BCUT2D eigenvalue weighted by atomic mass is 9.81. The summed E-state index contributed by atoms with van der Waals surface area (Å²) in [5.41, 5.74) is 2.13. The number of carbonyl (C=O) groups is 2. The summed E-state index contributed by atoms with van der Waals surface area (Å²) in [6.45, 7) is 68.9. The first kappa shape index (κ1) is 76.2. The van der Waals surface area contributed by atoms with Crippen LogP contribution in [0, 0.1) is 11.8 Å². The number of ketones is 2. The Bertz CT molecular complexity index is 2410. The molecule has 18 heteroatoms. The van der Waals surface area contributed by atoms with Gasteiger partial charge in [-0.2, -0.15) is 0 Å². The molecule has 0 radical (unpaired) electrons. The van der Waals surface area contributed by atoms with Crippen molar-refractivity contribution in [1.82, 2.24) is 0 Å². The first-order chi connectivity index (χ1) is 40.0. The first-order valence-electron chi connectivity index (χ1n) is 34.2. The van der Waals surface area contributed by atoms with Crippen molar-refractivity contribution in [3.63, 3.8) is 0 Å². The van der Waals surface area contributed by atoms with Gasteiger partial charge in [-0.05, 0) is 159 Å². The van der Waals surface area contributed by atoms with Crippen LogP contribution in [0.1, 0.15) is 188 Å². The van der Waals surface area contributed by atoms with Crippen molar-refractivity contribution in [2.75, 3.05) is 13.7 Å². The molecule has 0 aromatic heterocycles. The number of hydrogen-bond donors (Lipinski definition) is 0. The van der Waals surface area contributed by atoms with Gasteiger partial charge >= 0.3 is 0 Å². The second-order valence-electron chi connectivity index (χ2n) is 35.5.